The van der Waals surface area contributed by atoms with Crippen molar-refractivity contribution in [2.24, 2.45) is 4.99 Å². The van der Waals surface area contributed by atoms with Crippen molar-refractivity contribution in [2.45, 2.75) is 13.1 Å². The first-order chi connectivity index (χ1) is 19.6. The molecule has 6 rings (SSSR count). The summed E-state index contributed by atoms with van der Waals surface area (Å²) < 4.78 is 20.9. The molecule has 1 saturated heterocycles. The second-order valence-corrected chi connectivity index (χ2v) is 10.4. The molecule has 1 amide bonds. The Labute approximate surface area is 236 Å². The van der Waals surface area contributed by atoms with Gasteiger partial charge in [0.25, 0.3) is 5.91 Å². The number of amidine groups is 1. The first kappa shape index (κ1) is 25.6. The van der Waals surface area contributed by atoms with Gasteiger partial charge in [-0.15, -0.1) is 0 Å². The Morgan fingerprint density at radius 1 is 0.850 bits per heavy atom. The molecule has 1 aromatic heterocycles. The molecular formula is C33H26FN3O2S. The number of amides is 1. The third kappa shape index (κ3) is 5.42. The second-order valence-electron chi connectivity index (χ2n) is 9.44. The van der Waals surface area contributed by atoms with Crippen LogP contribution in [-0.2, 0) is 17.9 Å². The lowest BCUT2D eigenvalue weighted by Gasteiger charge is -2.16. The van der Waals surface area contributed by atoms with Crippen molar-refractivity contribution in [3.63, 3.8) is 0 Å². The first-order valence-corrected chi connectivity index (χ1v) is 13.7. The minimum atomic E-state index is -0.254. The number of aromatic nitrogens is 1. The number of ether oxygens (including phenoxy) is 1. The van der Waals surface area contributed by atoms with E-state index in [2.05, 4.69) is 22.9 Å². The van der Waals surface area contributed by atoms with Crippen molar-refractivity contribution in [1.82, 2.24) is 9.47 Å². The average Bonchev–Trinajstić information content (AvgIpc) is 3.47. The molecular weight excluding hydrogens is 521 g/mol. The van der Waals surface area contributed by atoms with Crippen LogP contribution >= 0.6 is 11.8 Å². The third-order valence-electron chi connectivity index (χ3n) is 6.74. The van der Waals surface area contributed by atoms with E-state index in [4.69, 9.17) is 9.73 Å². The molecule has 1 aliphatic rings. The number of hydrogen-bond donors (Lipinski definition) is 0. The smallest absolute Gasteiger partial charge is 0.267 e. The molecule has 5 aromatic rings. The Morgan fingerprint density at radius 3 is 2.27 bits per heavy atom. The number of fused-ring (bicyclic) bond motifs is 1. The number of rotatable bonds is 7. The largest absolute Gasteiger partial charge is 0.497 e. The van der Waals surface area contributed by atoms with E-state index in [1.54, 1.807) is 24.1 Å². The highest BCUT2D eigenvalue weighted by Crippen LogP contribution is 2.37. The topological polar surface area (TPSA) is 46.8 Å². The second kappa shape index (κ2) is 11.2. The predicted octanol–water partition coefficient (Wildman–Crippen LogP) is 7.64. The third-order valence-corrected chi connectivity index (χ3v) is 7.75. The fourth-order valence-electron chi connectivity index (χ4n) is 4.71. The van der Waals surface area contributed by atoms with Gasteiger partial charge in [-0.1, -0.05) is 60.7 Å². The van der Waals surface area contributed by atoms with E-state index >= 15 is 0 Å². The van der Waals surface area contributed by atoms with Crippen molar-refractivity contribution < 1.29 is 13.9 Å². The Morgan fingerprint density at radius 2 is 1.52 bits per heavy atom. The highest BCUT2D eigenvalue weighted by atomic mass is 32.2. The SMILES string of the molecule is COc1ccc(CN2C(=O)/C(=C/c3cn(Cc4ccc(F)cc4)c4ccccc34)SC2=Nc2ccccc2)cc1. The van der Waals surface area contributed by atoms with Gasteiger partial charge in [-0.25, -0.2) is 9.38 Å². The van der Waals surface area contributed by atoms with Crippen molar-refractivity contribution in [3.8, 4) is 5.75 Å². The molecule has 4 aromatic carbocycles. The number of thioether (sulfide) groups is 1. The summed E-state index contributed by atoms with van der Waals surface area (Å²) in [5.41, 5.74) is 4.75. The van der Waals surface area contributed by atoms with Crippen LogP contribution in [0.3, 0.4) is 0 Å². The zero-order chi connectivity index (χ0) is 27.5. The van der Waals surface area contributed by atoms with E-state index in [-0.39, 0.29) is 11.7 Å². The van der Waals surface area contributed by atoms with Gasteiger partial charge in [0.15, 0.2) is 5.17 Å². The van der Waals surface area contributed by atoms with Crippen molar-refractivity contribution in [2.75, 3.05) is 7.11 Å². The van der Waals surface area contributed by atoms with E-state index in [0.29, 0.717) is 23.2 Å². The maximum Gasteiger partial charge on any atom is 0.267 e. The molecule has 0 radical (unpaired) electrons. The molecule has 1 aliphatic heterocycles. The summed E-state index contributed by atoms with van der Waals surface area (Å²) in [6.07, 6.45) is 4.00. The summed E-state index contributed by atoms with van der Waals surface area (Å²) in [7, 11) is 1.63. The number of carbonyl (C=O) groups excluding carboxylic acids is 1. The Balaban J connectivity index is 1.36. The number of aliphatic imine (C=N–C) groups is 1. The van der Waals surface area contributed by atoms with E-state index in [1.165, 1.54) is 23.9 Å². The molecule has 0 atom stereocenters. The fourth-order valence-corrected chi connectivity index (χ4v) is 5.69. The van der Waals surface area contributed by atoms with Gasteiger partial charge in [0, 0.05) is 29.2 Å². The van der Waals surface area contributed by atoms with Crippen molar-refractivity contribution in [1.29, 1.82) is 0 Å². The summed E-state index contributed by atoms with van der Waals surface area (Å²) in [6, 6.07) is 32.0. The van der Waals surface area contributed by atoms with Crippen LogP contribution in [0.1, 0.15) is 16.7 Å². The molecule has 5 nitrogen and oxygen atoms in total. The maximum absolute atomic E-state index is 13.8. The van der Waals surface area contributed by atoms with Gasteiger partial charge in [-0.2, -0.15) is 0 Å². The van der Waals surface area contributed by atoms with Gasteiger partial charge in [-0.3, -0.25) is 9.69 Å². The molecule has 40 heavy (non-hydrogen) atoms. The standard InChI is InChI=1S/C33H26FN3O2S/c1-39-28-17-13-24(14-18-28)21-37-32(38)31(40-33(37)35-27-7-3-2-4-8-27)19-25-22-36(30-10-6-5-9-29(25)30)20-23-11-15-26(34)16-12-23/h2-19,22H,20-21H2,1H3/b31-19-,35-33?. The van der Waals surface area contributed by atoms with Gasteiger partial charge < -0.3 is 9.30 Å². The zero-order valence-electron chi connectivity index (χ0n) is 21.8. The summed E-state index contributed by atoms with van der Waals surface area (Å²) in [5, 5.41) is 1.67. The minimum Gasteiger partial charge on any atom is -0.497 e. The van der Waals surface area contributed by atoms with Gasteiger partial charge >= 0.3 is 0 Å². The molecule has 1 fully saturated rings. The lowest BCUT2D eigenvalue weighted by atomic mass is 10.1. The Kier molecular flexibility index (Phi) is 7.21. The molecule has 0 saturated carbocycles. The van der Waals surface area contributed by atoms with Gasteiger partial charge in [0.05, 0.1) is 24.2 Å². The predicted molar refractivity (Wildman–Crippen MR) is 160 cm³/mol. The summed E-state index contributed by atoms with van der Waals surface area (Å²) in [6.45, 7) is 0.987. The average molecular weight is 548 g/mol. The molecule has 0 bridgehead atoms. The van der Waals surface area contributed by atoms with Crippen LogP contribution < -0.4 is 4.74 Å². The molecule has 198 valence electrons. The van der Waals surface area contributed by atoms with E-state index in [1.807, 2.05) is 72.8 Å². The Hall–Kier alpha value is -4.62. The quantitative estimate of drug-likeness (QED) is 0.197. The van der Waals surface area contributed by atoms with E-state index in [9.17, 15) is 9.18 Å². The zero-order valence-corrected chi connectivity index (χ0v) is 22.6. The maximum atomic E-state index is 13.8. The molecule has 2 heterocycles. The van der Waals surface area contributed by atoms with Gasteiger partial charge in [0.2, 0.25) is 0 Å². The number of benzene rings is 4. The van der Waals surface area contributed by atoms with E-state index < -0.39 is 0 Å². The number of methoxy groups -OCH3 is 1. The molecule has 0 aliphatic carbocycles. The molecule has 0 N–H and O–H groups in total. The van der Waals surface area contributed by atoms with Crippen LogP contribution in [0.15, 0.2) is 119 Å². The lowest BCUT2D eigenvalue weighted by Crippen LogP contribution is -2.28. The highest BCUT2D eigenvalue weighted by molar-refractivity contribution is 8.18. The monoisotopic (exact) mass is 547 g/mol. The molecule has 0 unspecified atom stereocenters. The summed E-state index contributed by atoms with van der Waals surface area (Å²) in [5.74, 6) is 0.419. The van der Waals surface area contributed by atoms with Crippen LogP contribution in [0.2, 0.25) is 0 Å². The minimum absolute atomic E-state index is 0.0918. The number of halogens is 1. The highest BCUT2D eigenvalue weighted by Gasteiger charge is 2.33. The van der Waals surface area contributed by atoms with Crippen molar-refractivity contribution >= 4 is 45.5 Å². The van der Waals surface area contributed by atoms with Gasteiger partial charge in [0.1, 0.15) is 11.6 Å². The van der Waals surface area contributed by atoms with Crippen LogP contribution in [0.25, 0.3) is 17.0 Å². The normalized spacial score (nSPS) is 15.4. The number of para-hydroxylation sites is 2. The van der Waals surface area contributed by atoms with Gasteiger partial charge in [-0.05, 0) is 71.4 Å². The first-order valence-electron chi connectivity index (χ1n) is 12.9. The lowest BCUT2D eigenvalue weighted by molar-refractivity contribution is -0.122. The van der Waals surface area contributed by atoms with Crippen LogP contribution in [0.5, 0.6) is 5.75 Å². The summed E-state index contributed by atoms with van der Waals surface area (Å²) in [4.78, 5) is 20.9. The molecule has 0 spiro atoms. The fraction of sp³-hybridized carbons (Fsp3) is 0.0909. The van der Waals surface area contributed by atoms with Crippen LogP contribution in [0, 0.1) is 5.82 Å². The number of carbonyl (C=O) groups is 1. The van der Waals surface area contributed by atoms with E-state index in [0.717, 1.165) is 39.0 Å². The van der Waals surface area contributed by atoms with Crippen molar-refractivity contribution in [3.05, 3.63) is 137 Å². The molecule has 7 heteroatoms. The number of nitrogens with zero attached hydrogens (tertiary/aromatic N) is 3. The summed E-state index contributed by atoms with van der Waals surface area (Å²) >= 11 is 1.38. The van der Waals surface area contributed by atoms with Crippen LogP contribution in [-0.4, -0.2) is 27.7 Å². The number of hydrogen-bond acceptors (Lipinski definition) is 4. The Bertz CT molecular complexity index is 1730. The van der Waals surface area contributed by atoms with Crippen LogP contribution in [0.4, 0.5) is 10.1 Å².